The Morgan fingerprint density at radius 1 is 1.30 bits per heavy atom. The first-order chi connectivity index (χ1) is 15.9. The van der Waals surface area contributed by atoms with Gasteiger partial charge in [-0.15, -0.1) is 0 Å². The van der Waals surface area contributed by atoms with E-state index >= 15 is 0 Å². The lowest BCUT2D eigenvalue weighted by atomic mass is 9.75. The fraction of sp³-hybridized carbons (Fsp3) is 0.458. The van der Waals surface area contributed by atoms with Crippen LogP contribution in [0.3, 0.4) is 0 Å². The van der Waals surface area contributed by atoms with Crippen molar-refractivity contribution in [3.05, 3.63) is 66.3 Å². The Bertz CT molecular complexity index is 1170. The summed E-state index contributed by atoms with van der Waals surface area (Å²) in [5.41, 5.74) is 1.60. The molecule has 2 fully saturated rings. The third-order valence-corrected chi connectivity index (χ3v) is 6.97. The van der Waals surface area contributed by atoms with E-state index < -0.39 is 5.41 Å². The molecular weight excluding hydrogens is 418 g/mol. The van der Waals surface area contributed by atoms with Crippen LogP contribution in [-0.4, -0.2) is 65.6 Å². The molecule has 0 aliphatic carbocycles. The van der Waals surface area contributed by atoms with Gasteiger partial charge in [-0.2, -0.15) is 5.10 Å². The zero-order chi connectivity index (χ0) is 23.2. The fourth-order valence-corrected chi connectivity index (χ4v) is 5.14. The van der Waals surface area contributed by atoms with Crippen molar-refractivity contribution in [2.24, 2.45) is 12.5 Å². The molecule has 2 atom stereocenters. The number of aryl methyl sites for hydroxylation is 1. The van der Waals surface area contributed by atoms with Gasteiger partial charge in [0.25, 0.3) is 5.91 Å². The summed E-state index contributed by atoms with van der Waals surface area (Å²) >= 11 is 0. The number of likely N-dealkylation sites (tertiary alicyclic amines) is 2. The van der Waals surface area contributed by atoms with Crippen LogP contribution in [0.2, 0.25) is 0 Å². The number of nitrogens with zero attached hydrogens (tertiary/aromatic N) is 7. The number of carbonyl (C=O) groups is 2. The molecule has 9 heteroatoms. The highest BCUT2D eigenvalue weighted by molar-refractivity contribution is 5.94. The maximum absolute atomic E-state index is 13.9. The molecule has 9 nitrogen and oxygen atoms in total. The Labute approximate surface area is 193 Å². The van der Waals surface area contributed by atoms with Gasteiger partial charge in [0, 0.05) is 70.0 Å². The Hall–Kier alpha value is -3.49. The van der Waals surface area contributed by atoms with Crippen LogP contribution in [-0.2, 0) is 18.4 Å². The Morgan fingerprint density at radius 2 is 2.15 bits per heavy atom. The van der Waals surface area contributed by atoms with E-state index in [-0.39, 0.29) is 23.8 Å². The van der Waals surface area contributed by atoms with Crippen molar-refractivity contribution in [1.82, 2.24) is 34.1 Å². The van der Waals surface area contributed by atoms with Crippen molar-refractivity contribution in [3.63, 3.8) is 0 Å². The standard InChI is InChI=1S/C24H29N7O2/c1-17(2)31-14-21(26-16-31)19-13-30(22(32)20-6-9-28(3)27-20)15-24(19)7-10-29(23(24)33)12-18-5-4-8-25-11-18/h4-6,8-9,11,14,16-17,19H,7,10,12-13,15H2,1-3H3. The van der Waals surface area contributed by atoms with Crippen molar-refractivity contribution in [2.45, 2.75) is 38.8 Å². The zero-order valence-corrected chi connectivity index (χ0v) is 19.3. The number of hydrogen-bond donors (Lipinski definition) is 0. The minimum Gasteiger partial charge on any atom is -0.338 e. The minimum absolute atomic E-state index is 0.0896. The Balaban J connectivity index is 1.47. The van der Waals surface area contributed by atoms with Gasteiger partial charge in [0.15, 0.2) is 0 Å². The van der Waals surface area contributed by atoms with E-state index in [2.05, 4.69) is 33.5 Å². The van der Waals surface area contributed by atoms with Crippen LogP contribution in [0, 0.1) is 5.41 Å². The van der Waals surface area contributed by atoms with Crippen molar-refractivity contribution < 1.29 is 9.59 Å². The Kier molecular flexibility index (Phi) is 5.26. The molecule has 33 heavy (non-hydrogen) atoms. The van der Waals surface area contributed by atoms with Gasteiger partial charge in [-0.1, -0.05) is 6.07 Å². The molecule has 2 amide bonds. The van der Waals surface area contributed by atoms with Gasteiger partial charge in [-0.3, -0.25) is 19.3 Å². The van der Waals surface area contributed by atoms with E-state index in [1.807, 2.05) is 29.6 Å². The van der Waals surface area contributed by atoms with Gasteiger partial charge in [0.05, 0.1) is 17.4 Å². The molecule has 2 unspecified atom stereocenters. The summed E-state index contributed by atoms with van der Waals surface area (Å²) in [6.07, 6.45) is 9.84. The molecule has 5 rings (SSSR count). The SMILES string of the molecule is CC(C)n1cnc(C2CN(C(=O)c3ccn(C)n3)CC23CCN(Cc2cccnc2)C3=O)c1. The first-order valence-corrected chi connectivity index (χ1v) is 11.4. The van der Waals surface area contributed by atoms with Gasteiger partial charge in [-0.25, -0.2) is 4.98 Å². The first kappa shape index (κ1) is 21.4. The topological polar surface area (TPSA) is 89.2 Å². The van der Waals surface area contributed by atoms with Crippen molar-refractivity contribution in [2.75, 3.05) is 19.6 Å². The summed E-state index contributed by atoms with van der Waals surface area (Å²) in [6.45, 7) is 6.21. The van der Waals surface area contributed by atoms with Gasteiger partial charge in [0.1, 0.15) is 5.69 Å². The highest BCUT2D eigenvalue weighted by Gasteiger charge is 2.58. The summed E-state index contributed by atoms with van der Waals surface area (Å²) in [5.74, 6) is -0.206. The molecule has 0 aromatic carbocycles. The maximum atomic E-state index is 13.9. The molecule has 0 saturated carbocycles. The lowest BCUT2D eigenvalue weighted by Gasteiger charge is -2.27. The Morgan fingerprint density at radius 3 is 2.82 bits per heavy atom. The number of pyridine rings is 1. The fourth-order valence-electron chi connectivity index (χ4n) is 5.14. The van der Waals surface area contributed by atoms with Crippen LogP contribution in [0.15, 0.2) is 49.3 Å². The molecule has 3 aromatic rings. The number of imidazole rings is 1. The van der Waals surface area contributed by atoms with Crippen LogP contribution in [0.4, 0.5) is 0 Å². The molecule has 2 saturated heterocycles. The lowest BCUT2D eigenvalue weighted by molar-refractivity contribution is -0.136. The summed E-state index contributed by atoms with van der Waals surface area (Å²) in [4.78, 5) is 39.7. The zero-order valence-electron chi connectivity index (χ0n) is 19.3. The summed E-state index contributed by atoms with van der Waals surface area (Å²) in [6, 6.07) is 5.87. The van der Waals surface area contributed by atoms with Crippen LogP contribution >= 0.6 is 0 Å². The van der Waals surface area contributed by atoms with Gasteiger partial charge >= 0.3 is 0 Å². The lowest BCUT2D eigenvalue weighted by Crippen LogP contribution is -2.40. The van der Waals surface area contributed by atoms with Crippen molar-refractivity contribution >= 4 is 11.8 Å². The largest absolute Gasteiger partial charge is 0.338 e. The number of carbonyl (C=O) groups excluding carboxylic acids is 2. The normalized spacial score (nSPS) is 22.8. The third-order valence-electron chi connectivity index (χ3n) is 6.97. The van der Waals surface area contributed by atoms with E-state index in [0.29, 0.717) is 38.3 Å². The van der Waals surface area contributed by atoms with Crippen molar-refractivity contribution in [1.29, 1.82) is 0 Å². The molecule has 0 radical (unpaired) electrons. The number of amides is 2. The number of hydrogen-bond acceptors (Lipinski definition) is 5. The predicted octanol–water partition coefficient (Wildman–Crippen LogP) is 2.25. The van der Waals surface area contributed by atoms with Crippen LogP contribution in [0.25, 0.3) is 0 Å². The molecule has 0 bridgehead atoms. The number of aromatic nitrogens is 5. The van der Waals surface area contributed by atoms with Crippen molar-refractivity contribution in [3.8, 4) is 0 Å². The van der Waals surface area contributed by atoms with Gasteiger partial charge < -0.3 is 14.4 Å². The van der Waals surface area contributed by atoms with Gasteiger partial charge in [0.2, 0.25) is 5.91 Å². The minimum atomic E-state index is -0.678. The molecule has 2 aliphatic heterocycles. The number of rotatable bonds is 5. The molecule has 2 aliphatic rings. The smallest absolute Gasteiger partial charge is 0.274 e. The molecule has 3 aromatic heterocycles. The summed E-state index contributed by atoms with van der Waals surface area (Å²) in [5, 5.41) is 4.29. The van der Waals surface area contributed by atoms with Crippen LogP contribution in [0.1, 0.15) is 54.0 Å². The monoisotopic (exact) mass is 447 g/mol. The van der Waals surface area contributed by atoms with Crippen LogP contribution in [0.5, 0.6) is 0 Å². The van der Waals surface area contributed by atoms with E-state index in [1.165, 1.54) is 0 Å². The molecular formula is C24H29N7O2. The van der Waals surface area contributed by atoms with E-state index in [4.69, 9.17) is 0 Å². The second kappa shape index (κ2) is 8.13. The summed E-state index contributed by atoms with van der Waals surface area (Å²) < 4.78 is 3.68. The average molecular weight is 448 g/mol. The predicted molar refractivity (Wildman–Crippen MR) is 121 cm³/mol. The van der Waals surface area contributed by atoms with E-state index in [0.717, 1.165) is 11.3 Å². The maximum Gasteiger partial charge on any atom is 0.274 e. The third kappa shape index (κ3) is 3.71. The van der Waals surface area contributed by atoms with E-state index in [1.54, 1.807) is 41.3 Å². The molecule has 5 heterocycles. The van der Waals surface area contributed by atoms with Gasteiger partial charge in [-0.05, 0) is 38.0 Å². The highest BCUT2D eigenvalue weighted by atomic mass is 16.2. The first-order valence-electron chi connectivity index (χ1n) is 11.4. The average Bonchev–Trinajstić information content (AvgIpc) is 3.58. The molecule has 1 spiro atoms. The molecule has 172 valence electrons. The molecule has 0 N–H and O–H groups in total. The second-order valence-corrected chi connectivity index (χ2v) is 9.45. The summed E-state index contributed by atoms with van der Waals surface area (Å²) in [7, 11) is 1.79. The quantitative estimate of drug-likeness (QED) is 0.599. The van der Waals surface area contributed by atoms with E-state index in [9.17, 15) is 9.59 Å². The van der Waals surface area contributed by atoms with Crippen LogP contribution < -0.4 is 0 Å². The highest BCUT2D eigenvalue weighted by Crippen LogP contribution is 2.50. The second-order valence-electron chi connectivity index (χ2n) is 9.45.